The third kappa shape index (κ3) is 6.35. The Kier molecular flexibility index (Phi) is 7.16. The van der Waals surface area contributed by atoms with E-state index in [1.807, 2.05) is 37.3 Å². The van der Waals surface area contributed by atoms with E-state index >= 15 is 0 Å². The molecule has 0 fully saturated rings. The summed E-state index contributed by atoms with van der Waals surface area (Å²) in [5, 5.41) is 13.3. The summed E-state index contributed by atoms with van der Waals surface area (Å²) in [5.74, 6) is -1.94. The summed E-state index contributed by atoms with van der Waals surface area (Å²) < 4.78 is 31.7. The summed E-state index contributed by atoms with van der Waals surface area (Å²) in [6.45, 7) is 1.98. The van der Waals surface area contributed by atoms with Gasteiger partial charge in [-0.05, 0) is 42.3 Å². The van der Waals surface area contributed by atoms with Gasteiger partial charge in [-0.25, -0.2) is 14.8 Å². The van der Waals surface area contributed by atoms with Crippen LogP contribution in [0.1, 0.15) is 5.69 Å². The fraction of sp³-hybridized carbons (Fsp3) is 0.0909. The van der Waals surface area contributed by atoms with Crippen LogP contribution in [-0.2, 0) is 4.79 Å². The molecule has 0 aliphatic heterocycles. The van der Waals surface area contributed by atoms with Gasteiger partial charge in [0, 0.05) is 29.0 Å². The Bertz CT molecular complexity index is 1180. The molecule has 32 heavy (non-hydrogen) atoms. The molecule has 0 radical (unpaired) electrons. The molecule has 164 valence electrons. The van der Waals surface area contributed by atoms with E-state index in [-0.39, 0.29) is 0 Å². The van der Waals surface area contributed by atoms with Gasteiger partial charge in [0.05, 0.1) is 5.69 Å². The van der Waals surface area contributed by atoms with Crippen molar-refractivity contribution in [3.8, 4) is 22.4 Å². The molecule has 0 unspecified atom stereocenters. The van der Waals surface area contributed by atoms with Crippen molar-refractivity contribution in [1.29, 1.82) is 0 Å². The van der Waals surface area contributed by atoms with Crippen LogP contribution < -0.4 is 5.32 Å². The van der Waals surface area contributed by atoms with Crippen LogP contribution in [0, 0.1) is 6.92 Å². The molecule has 3 heterocycles. The lowest BCUT2D eigenvalue weighted by Gasteiger charge is -2.03. The van der Waals surface area contributed by atoms with Crippen molar-refractivity contribution >= 4 is 28.3 Å². The second kappa shape index (κ2) is 10.0. The first-order valence-corrected chi connectivity index (χ1v) is 10.1. The van der Waals surface area contributed by atoms with Crippen molar-refractivity contribution in [2.24, 2.45) is 0 Å². The number of nitrogens with one attached hydrogen (secondary N) is 1. The van der Waals surface area contributed by atoms with E-state index < -0.39 is 12.1 Å². The number of benzene rings is 1. The van der Waals surface area contributed by atoms with Crippen molar-refractivity contribution in [3.63, 3.8) is 0 Å². The summed E-state index contributed by atoms with van der Waals surface area (Å²) in [6.07, 6.45) is -1.47. The second-order valence-corrected chi connectivity index (χ2v) is 7.30. The lowest BCUT2D eigenvalue weighted by molar-refractivity contribution is -0.192. The quantitative estimate of drug-likeness (QED) is 0.393. The fourth-order valence-corrected chi connectivity index (χ4v) is 3.29. The number of aryl methyl sites for hydroxylation is 1. The molecule has 0 aliphatic rings. The molecule has 0 spiro atoms. The van der Waals surface area contributed by atoms with E-state index in [0.717, 1.165) is 33.5 Å². The highest BCUT2D eigenvalue weighted by Crippen LogP contribution is 2.28. The molecule has 0 saturated heterocycles. The molecule has 3 aromatic heterocycles. The zero-order valence-corrected chi connectivity index (χ0v) is 17.5. The number of pyridine rings is 2. The third-order valence-corrected chi connectivity index (χ3v) is 4.82. The summed E-state index contributed by atoms with van der Waals surface area (Å²) in [6, 6.07) is 18.3. The van der Waals surface area contributed by atoms with Crippen LogP contribution in [0.25, 0.3) is 22.4 Å². The predicted molar refractivity (Wildman–Crippen MR) is 117 cm³/mol. The van der Waals surface area contributed by atoms with Gasteiger partial charge in [-0.15, -0.1) is 11.3 Å². The Labute approximate surface area is 185 Å². The summed E-state index contributed by atoms with van der Waals surface area (Å²) in [7, 11) is 0. The first-order valence-electron chi connectivity index (χ1n) is 9.19. The number of hydrogen-bond acceptors (Lipinski definition) is 6. The number of thiazole rings is 1. The van der Waals surface area contributed by atoms with Crippen LogP contribution in [0.3, 0.4) is 0 Å². The van der Waals surface area contributed by atoms with Gasteiger partial charge in [0.2, 0.25) is 0 Å². The maximum Gasteiger partial charge on any atom is 0.490 e. The maximum atomic E-state index is 10.6. The highest BCUT2D eigenvalue weighted by molar-refractivity contribution is 7.14. The Balaban J connectivity index is 0.000000360. The number of carboxylic acid groups (broad SMARTS) is 1. The largest absolute Gasteiger partial charge is 0.490 e. The van der Waals surface area contributed by atoms with Crippen molar-refractivity contribution in [1.82, 2.24) is 15.0 Å². The number of aromatic nitrogens is 3. The molecule has 4 rings (SSSR count). The van der Waals surface area contributed by atoms with Crippen molar-refractivity contribution in [3.05, 3.63) is 78.1 Å². The van der Waals surface area contributed by atoms with Crippen molar-refractivity contribution in [2.45, 2.75) is 13.1 Å². The normalized spacial score (nSPS) is 10.8. The van der Waals surface area contributed by atoms with Crippen LogP contribution >= 0.6 is 11.3 Å². The van der Waals surface area contributed by atoms with Crippen LogP contribution in [0.4, 0.5) is 24.1 Å². The van der Waals surface area contributed by atoms with E-state index in [4.69, 9.17) is 9.90 Å². The van der Waals surface area contributed by atoms with Crippen molar-refractivity contribution < 1.29 is 23.1 Å². The highest BCUT2D eigenvalue weighted by atomic mass is 32.1. The zero-order valence-electron chi connectivity index (χ0n) is 16.7. The van der Waals surface area contributed by atoms with Gasteiger partial charge in [-0.2, -0.15) is 13.2 Å². The molecule has 10 heteroatoms. The SMILES string of the molecule is Cc1cccc(Nc2nc(-c3ccc(-c4ccncc4)cc3)cs2)n1.O=C(O)C(F)(F)F. The van der Waals surface area contributed by atoms with Crippen LogP contribution in [0.5, 0.6) is 0 Å². The molecule has 6 nitrogen and oxygen atoms in total. The predicted octanol–water partition coefficient (Wildman–Crippen LogP) is 5.95. The summed E-state index contributed by atoms with van der Waals surface area (Å²) >= 11 is 1.58. The lowest BCUT2D eigenvalue weighted by atomic mass is 10.0. The lowest BCUT2D eigenvalue weighted by Crippen LogP contribution is -2.21. The Morgan fingerprint density at radius 2 is 1.53 bits per heavy atom. The van der Waals surface area contributed by atoms with Crippen molar-refractivity contribution in [2.75, 3.05) is 5.32 Å². The number of anilines is 2. The Morgan fingerprint density at radius 3 is 2.12 bits per heavy atom. The average molecular weight is 458 g/mol. The van der Waals surface area contributed by atoms with Crippen LogP contribution in [0.15, 0.2) is 72.4 Å². The van der Waals surface area contributed by atoms with Gasteiger partial charge in [-0.3, -0.25) is 4.98 Å². The molecule has 1 aromatic carbocycles. The molecule has 0 amide bonds. The number of aliphatic carboxylic acids is 1. The molecular weight excluding hydrogens is 441 g/mol. The Hall–Kier alpha value is -3.79. The van der Waals surface area contributed by atoms with Crippen LogP contribution in [0.2, 0.25) is 0 Å². The fourth-order valence-electron chi connectivity index (χ4n) is 2.56. The molecular formula is C22H17F3N4O2S. The molecule has 0 saturated carbocycles. The highest BCUT2D eigenvalue weighted by Gasteiger charge is 2.38. The topological polar surface area (TPSA) is 88.0 Å². The second-order valence-electron chi connectivity index (χ2n) is 6.44. The van der Waals surface area contributed by atoms with E-state index in [1.165, 1.54) is 5.56 Å². The summed E-state index contributed by atoms with van der Waals surface area (Å²) in [4.78, 5) is 22.1. The zero-order chi connectivity index (χ0) is 23.1. The number of carboxylic acids is 1. The van der Waals surface area contributed by atoms with Gasteiger partial charge in [0.15, 0.2) is 5.13 Å². The van der Waals surface area contributed by atoms with E-state index in [2.05, 4.69) is 49.9 Å². The minimum absolute atomic E-state index is 0.814. The molecule has 0 atom stereocenters. The number of nitrogens with zero attached hydrogens (tertiary/aromatic N) is 3. The minimum atomic E-state index is -5.08. The van der Waals surface area contributed by atoms with Gasteiger partial charge in [-0.1, -0.05) is 30.3 Å². The van der Waals surface area contributed by atoms with E-state index in [0.29, 0.717) is 0 Å². The van der Waals surface area contributed by atoms with E-state index in [1.54, 1.807) is 23.7 Å². The van der Waals surface area contributed by atoms with Gasteiger partial charge in [0.25, 0.3) is 0 Å². The van der Waals surface area contributed by atoms with Gasteiger partial charge >= 0.3 is 12.1 Å². The first-order chi connectivity index (χ1) is 15.2. The number of carbonyl (C=O) groups is 1. The number of halogens is 3. The molecule has 0 aliphatic carbocycles. The van der Waals surface area contributed by atoms with Gasteiger partial charge in [0.1, 0.15) is 5.82 Å². The standard InChI is InChI=1S/C20H16N4S.C2HF3O2/c1-14-3-2-4-19(22-14)24-20-23-18(13-25-20)17-7-5-15(6-8-17)16-9-11-21-12-10-16;3-2(4,5)1(6)7/h2-13H,1H3,(H,22,23,24);(H,6,7). The summed E-state index contributed by atoms with van der Waals surface area (Å²) in [5.41, 5.74) is 5.37. The number of alkyl halides is 3. The first kappa shape index (κ1) is 22.9. The smallest absolute Gasteiger partial charge is 0.475 e. The third-order valence-electron chi connectivity index (χ3n) is 4.06. The minimum Gasteiger partial charge on any atom is -0.475 e. The maximum absolute atomic E-state index is 10.6. The Morgan fingerprint density at radius 1 is 0.938 bits per heavy atom. The molecule has 4 aromatic rings. The molecule has 2 N–H and O–H groups in total. The number of rotatable bonds is 4. The number of hydrogen-bond donors (Lipinski definition) is 2. The van der Waals surface area contributed by atoms with E-state index in [9.17, 15) is 13.2 Å². The average Bonchev–Trinajstić information content (AvgIpc) is 3.23. The van der Waals surface area contributed by atoms with Gasteiger partial charge < -0.3 is 10.4 Å². The van der Waals surface area contributed by atoms with Crippen LogP contribution in [-0.4, -0.2) is 32.2 Å². The monoisotopic (exact) mass is 458 g/mol. The molecule has 0 bridgehead atoms.